The third-order valence-corrected chi connectivity index (χ3v) is 4.08. The largest absolute Gasteiger partial charge is 0.325 e. The average molecular weight is 246 g/mol. The molecular weight excluding hydrogens is 228 g/mol. The van der Waals surface area contributed by atoms with E-state index in [0.717, 1.165) is 10.7 Å². The van der Waals surface area contributed by atoms with E-state index in [2.05, 4.69) is 43.1 Å². The van der Waals surface area contributed by atoms with Gasteiger partial charge in [0.1, 0.15) is 5.01 Å². The molecule has 0 saturated carbocycles. The fourth-order valence-corrected chi connectivity index (χ4v) is 2.78. The zero-order valence-corrected chi connectivity index (χ0v) is 11.3. The molecule has 17 heavy (non-hydrogen) atoms. The van der Waals surface area contributed by atoms with Crippen molar-refractivity contribution >= 4 is 11.3 Å². The van der Waals surface area contributed by atoms with Crippen LogP contribution < -0.4 is 5.73 Å². The number of aryl methyl sites for hydroxylation is 1. The molecule has 0 fully saturated rings. The van der Waals surface area contributed by atoms with Crippen molar-refractivity contribution in [2.24, 2.45) is 5.73 Å². The smallest absolute Gasteiger partial charge is 0.107 e. The van der Waals surface area contributed by atoms with E-state index in [1.165, 1.54) is 16.0 Å². The standard InChI is InChI=1S/C14H18N2S/c1-9(2)11-4-6-12(7-5-11)14-10(3)16-13(8-15)17-14/h4-7,9H,8,15H2,1-3H3. The monoisotopic (exact) mass is 246 g/mol. The van der Waals surface area contributed by atoms with Crippen molar-refractivity contribution < 1.29 is 0 Å². The van der Waals surface area contributed by atoms with Gasteiger partial charge in [0.05, 0.1) is 10.6 Å². The molecule has 0 radical (unpaired) electrons. The Morgan fingerprint density at radius 2 is 1.88 bits per heavy atom. The summed E-state index contributed by atoms with van der Waals surface area (Å²) in [7, 11) is 0. The zero-order chi connectivity index (χ0) is 12.4. The van der Waals surface area contributed by atoms with Crippen LogP contribution in [-0.4, -0.2) is 4.98 Å². The van der Waals surface area contributed by atoms with Crippen LogP contribution >= 0.6 is 11.3 Å². The molecule has 1 aromatic heterocycles. The van der Waals surface area contributed by atoms with E-state index < -0.39 is 0 Å². The number of nitrogens with two attached hydrogens (primary N) is 1. The molecule has 2 nitrogen and oxygen atoms in total. The van der Waals surface area contributed by atoms with Crippen molar-refractivity contribution in [2.75, 3.05) is 0 Å². The molecule has 0 unspecified atom stereocenters. The van der Waals surface area contributed by atoms with E-state index in [0.29, 0.717) is 12.5 Å². The Labute approximate surface area is 107 Å². The molecular formula is C14H18N2S. The van der Waals surface area contributed by atoms with Crippen molar-refractivity contribution in [3.8, 4) is 10.4 Å². The highest BCUT2D eigenvalue weighted by Crippen LogP contribution is 2.30. The second-order valence-electron chi connectivity index (χ2n) is 4.50. The summed E-state index contributed by atoms with van der Waals surface area (Å²) in [6, 6.07) is 8.74. The van der Waals surface area contributed by atoms with E-state index in [-0.39, 0.29) is 0 Å². The minimum absolute atomic E-state index is 0.523. The summed E-state index contributed by atoms with van der Waals surface area (Å²) in [4.78, 5) is 5.69. The van der Waals surface area contributed by atoms with Gasteiger partial charge in [-0.15, -0.1) is 11.3 Å². The fraction of sp³-hybridized carbons (Fsp3) is 0.357. The van der Waals surface area contributed by atoms with Crippen LogP contribution in [0.2, 0.25) is 0 Å². The molecule has 0 amide bonds. The number of thiazole rings is 1. The SMILES string of the molecule is Cc1nc(CN)sc1-c1ccc(C(C)C)cc1. The maximum Gasteiger partial charge on any atom is 0.107 e. The maximum absolute atomic E-state index is 5.62. The quantitative estimate of drug-likeness (QED) is 0.896. The number of hydrogen-bond acceptors (Lipinski definition) is 3. The number of aromatic nitrogens is 1. The van der Waals surface area contributed by atoms with E-state index in [1.807, 2.05) is 6.92 Å². The van der Waals surface area contributed by atoms with Gasteiger partial charge < -0.3 is 5.73 Å². The van der Waals surface area contributed by atoms with Gasteiger partial charge in [-0.05, 0) is 24.0 Å². The van der Waals surface area contributed by atoms with Gasteiger partial charge in [0.2, 0.25) is 0 Å². The van der Waals surface area contributed by atoms with Gasteiger partial charge in [0, 0.05) is 6.54 Å². The van der Waals surface area contributed by atoms with Gasteiger partial charge in [-0.3, -0.25) is 0 Å². The Balaban J connectivity index is 2.36. The van der Waals surface area contributed by atoms with Crippen molar-refractivity contribution in [3.05, 3.63) is 40.5 Å². The van der Waals surface area contributed by atoms with E-state index in [1.54, 1.807) is 11.3 Å². The van der Waals surface area contributed by atoms with Crippen LogP contribution in [0.3, 0.4) is 0 Å². The third-order valence-electron chi connectivity index (χ3n) is 2.86. The highest BCUT2D eigenvalue weighted by Gasteiger charge is 2.09. The summed E-state index contributed by atoms with van der Waals surface area (Å²) in [6.07, 6.45) is 0. The molecule has 0 aliphatic carbocycles. The molecule has 90 valence electrons. The van der Waals surface area contributed by atoms with E-state index in [4.69, 9.17) is 5.73 Å². The lowest BCUT2D eigenvalue weighted by molar-refractivity contribution is 0.867. The number of benzene rings is 1. The normalized spacial score (nSPS) is 11.1. The lowest BCUT2D eigenvalue weighted by Crippen LogP contribution is -1.94. The van der Waals surface area contributed by atoms with Crippen LogP contribution in [0.25, 0.3) is 10.4 Å². The first-order chi connectivity index (χ1) is 8.11. The maximum atomic E-state index is 5.62. The molecule has 0 spiro atoms. The third kappa shape index (κ3) is 2.56. The Morgan fingerprint density at radius 3 is 2.35 bits per heavy atom. The second-order valence-corrected chi connectivity index (χ2v) is 5.59. The molecule has 1 aromatic carbocycles. The topological polar surface area (TPSA) is 38.9 Å². The van der Waals surface area contributed by atoms with Crippen molar-refractivity contribution in [3.63, 3.8) is 0 Å². The average Bonchev–Trinajstić information content (AvgIpc) is 2.71. The zero-order valence-electron chi connectivity index (χ0n) is 10.5. The first-order valence-electron chi connectivity index (χ1n) is 5.88. The Morgan fingerprint density at radius 1 is 1.24 bits per heavy atom. The number of rotatable bonds is 3. The molecule has 1 heterocycles. The second kappa shape index (κ2) is 4.98. The molecule has 0 aliphatic heterocycles. The summed E-state index contributed by atoms with van der Waals surface area (Å²) < 4.78 is 0. The van der Waals surface area contributed by atoms with Gasteiger partial charge in [-0.2, -0.15) is 0 Å². The van der Waals surface area contributed by atoms with E-state index in [9.17, 15) is 0 Å². The van der Waals surface area contributed by atoms with Gasteiger partial charge in [-0.25, -0.2) is 4.98 Å². The van der Waals surface area contributed by atoms with Crippen LogP contribution in [0.1, 0.15) is 36.0 Å². The Hall–Kier alpha value is -1.19. The van der Waals surface area contributed by atoms with Gasteiger partial charge in [0.25, 0.3) is 0 Å². The van der Waals surface area contributed by atoms with Crippen LogP contribution in [0.15, 0.2) is 24.3 Å². The lowest BCUT2D eigenvalue weighted by Gasteiger charge is -2.06. The highest BCUT2D eigenvalue weighted by atomic mass is 32.1. The molecule has 0 atom stereocenters. The number of nitrogens with zero attached hydrogens (tertiary/aromatic N) is 1. The lowest BCUT2D eigenvalue weighted by atomic mass is 10.0. The van der Waals surface area contributed by atoms with Gasteiger partial charge in [0.15, 0.2) is 0 Å². The van der Waals surface area contributed by atoms with Crippen LogP contribution in [0, 0.1) is 6.92 Å². The minimum Gasteiger partial charge on any atom is -0.325 e. The molecule has 2 N–H and O–H groups in total. The molecule has 0 aliphatic rings. The summed E-state index contributed by atoms with van der Waals surface area (Å²) in [6.45, 7) is 6.98. The fourth-order valence-electron chi connectivity index (χ4n) is 1.83. The van der Waals surface area contributed by atoms with Gasteiger partial charge >= 0.3 is 0 Å². The molecule has 2 aromatic rings. The van der Waals surface area contributed by atoms with Crippen LogP contribution in [-0.2, 0) is 6.54 Å². The molecule has 3 heteroatoms. The van der Waals surface area contributed by atoms with E-state index >= 15 is 0 Å². The Kier molecular flexibility index (Phi) is 3.60. The first-order valence-corrected chi connectivity index (χ1v) is 6.70. The highest BCUT2D eigenvalue weighted by molar-refractivity contribution is 7.15. The summed E-state index contributed by atoms with van der Waals surface area (Å²) in [5.41, 5.74) is 9.31. The number of hydrogen-bond donors (Lipinski definition) is 1. The van der Waals surface area contributed by atoms with Gasteiger partial charge in [-0.1, -0.05) is 38.1 Å². The van der Waals surface area contributed by atoms with Crippen molar-refractivity contribution in [1.29, 1.82) is 0 Å². The molecule has 2 rings (SSSR count). The van der Waals surface area contributed by atoms with Crippen molar-refractivity contribution in [1.82, 2.24) is 4.98 Å². The Bertz CT molecular complexity index is 497. The minimum atomic E-state index is 0.523. The summed E-state index contributed by atoms with van der Waals surface area (Å²) >= 11 is 1.69. The summed E-state index contributed by atoms with van der Waals surface area (Å²) in [5.74, 6) is 0.575. The predicted molar refractivity (Wildman–Crippen MR) is 74.3 cm³/mol. The summed E-state index contributed by atoms with van der Waals surface area (Å²) in [5, 5.41) is 1.01. The van der Waals surface area contributed by atoms with Crippen molar-refractivity contribution in [2.45, 2.75) is 33.2 Å². The first kappa shape index (κ1) is 12.3. The molecule has 0 bridgehead atoms. The predicted octanol–water partition coefficient (Wildman–Crippen LogP) is 3.70. The molecule has 0 saturated heterocycles. The van der Waals surface area contributed by atoms with Crippen LogP contribution in [0.4, 0.5) is 0 Å². The van der Waals surface area contributed by atoms with Crippen LogP contribution in [0.5, 0.6) is 0 Å².